The molecule has 0 spiro atoms. The molecule has 0 bridgehead atoms. The van der Waals surface area contributed by atoms with Gasteiger partial charge >= 0.3 is 6.03 Å². The van der Waals surface area contributed by atoms with Crippen molar-refractivity contribution in [2.75, 3.05) is 16.3 Å². The van der Waals surface area contributed by atoms with Crippen molar-refractivity contribution in [2.45, 2.75) is 6.04 Å². The molecule has 1 aliphatic rings. The molecule has 0 aliphatic carbocycles. The molecule has 0 radical (unpaired) electrons. The van der Waals surface area contributed by atoms with Crippen molar-refractivity contribution in [1.82, 2.24) is 4.98 Å². The molecule has 124 valence electrons. The first kappa shape index (κ1) is 15.6. The summed E-state index contributed by atoms with van der Waals surface area (Å²) in [5.74, 6) is 0. The molecule has 1 aromatic heterocycles. The van der Waals surface area contributed by atoms with E-state index in [4.69, 9.17) is 5.26 Å². The van der Waals surface area contributed by atoms with Gasteiger partial charge in [-0.3, -0.25) is 14.8 Å². The highest BCUT2D eigenvalue weighted by Gasteiger charge is 2.40. The fourth-order valence-electron chi connectivity index (χ4n) is 3.22. The molecule has 26 heavy (non-hydrogen) atoms. The number of aromatic nitrogens is 1. The van der Waals surface area contributed by atoms with E-state index < -0.39 is 6.04 Å². The number of amides is 2. The number of fused-ring (bicyclic) bond motifs is 1. The number of hydrogen-bond donors (Lipinski definition) is 0. The first-order valence-electron chi connectivity index (χ1n) is 8.06. The summed E-state index contributed by atoms with van der Waals surface area (Å²) in [4.78, 5) is 20.3. The fraction of sp³-hybridized carbons (Fsp3) is 0.100. The Bertz CT molecular complexity index is 1090. The third kappa shape index (κ3) is 2.42. The number of nitrogens with zero attached hydrogens (tertiary/aromatic N) is 5. The number of nitriles is 2. The summed E-state index contributed by atoms with van der Waals surface area (Å²) in [5.41, 5.74) is 1.68. The molecule has 0 N–H and O–H groups in total. The minimum Gasteiger partial charge on any atom is -0.291 e. The molecule has 1 atom stereocenters. The van der Waals surface area contributed by atoms with E-state index in [2.05, 4.69) is 17.1 Å². The van der Waals surface area contributed by atoms with Crippen LogP contribution in [0.2, 0.25) is 0 Å². The van der Waals surface area contributed by atoms with Crippen LogP contribution < -0.4 is 9.80 Å². The Morgan fingerprint density at radius 3 is 2.73 bits per heavy atom. The van der Waals surface area contributed by atoms with Crippen LogP contribution in [0, 0.1) is 22.7 Å². The van der Waals surface area contributed by atoms with Crippen LogP contribution in [0.25, 0.3) is 10.8 Å². The maximum Gasteiger partial charge on any atom is 0.330 e. The Morgan fingerprint density at radius 2 is 1.92 bits per heavy atom. The Hall–Kier alpha value is -3.90. The van der Waals surface area contributed by atoms with Gasteiger partial charge in [-0.05, 0) is 18.2 Å². The molecule has 1 saturated heterocycles. The number of carbonyl (C=O) groups is 1. The van der Waals surface area contributed by atoms with Gasteiger partial charge in [0.1, 0.15) is 6.04 Å². The number of pyridine rings is 1. The van der Waals surface area contributed by atoms with E-state index in [9.17, 15) is 10.1 Å². The molecule has 6 heteroatoms. The maximum atomic E-state index is 13.1. The van der Waals surface area contributed by atoms with E-state index in [1.54, 1.807) is 36.7 Å². The molecule has 2 aromatic carbocycles. The Labute approximate surface area is 150 Å². The molecule has 2 heterocycles. The summed E-state index contributed by atoms with van der Waals surface area (Å²) in [7, 11) is 0. The maximum absolute atomic E-state index is 13.1. The third-order valence-electron chi connectivity index (χ3n) is 4.45. The molecule has 1 fully saturated rings. The highest BCUT2D eigenvalue weighted by Crippen LogP contribution is 2.33. The van der Waals surface area contributed by atoms with Gasteiger partial charge in [0.2, 0.25) is 0 Å². The third-order valence-corrected chi connectivity index (χ3v) is 4.45. The van der Waals surface area contributed by atoms with Crippen molar-refractivity contribution in [1.29, 1.82) is 10.5 Å². The average Bonchev–Trinajstić information content (AvgIpc) is 3.03. The Kier molecular flexibility index (Phi) is 3.72. The van der Waals surface area contributed by atoms with E-state index >= 15 is 0 Å². The van der Waals surface area contributed by atoms with Crippen molar-refractivity contribution >= 4 is 28.2 Å². The number of carbonyl (C=O) groups excluding carboxylic acids is 1. The van der Waals surface area contributed by atoms with Gasteiger partial charge in [-0.2, -0.15) is 10.5 Å². The SMILES string of the molecule is N#Cc1cccc(N2C[C@@H](C#N)N(c3cncc4ccccc34)C2=O)c1. The van der Waals surface area contributed by atoms with E-state index in [1.807, 2.05) is 24.3 Å². The normalized spacial score (nSPS) is 16.5. The van der Waals surface area contributed by atoms with Gasteiger partial charge in [0.15, 0.2) is 0 Å². The molecule has 0 saturated carbocycles. The van der Waals surface area contributed by atoms with Crippen LogP contribution in [-0.2, 0) is 0 Å². The molecule has 3 aromatic rings. The second kappa shape index (κ2) is 6.19. The highest BCUT2D eigenvalue weighted by atomic mass is 16.2. The van der Waals surface area contributed by atoms with Crippen LogP contribution >= 0.6 is 0 Å². The second-order valence-electron chi connectivity index (χ2n) is 5.95. The number of hydrogen-bond acceptors (Lipinski definition) is 4. The highest BCUT2D eigenvalue weighted by molar-refractivity contribution is 6.11. The van der Waals surface area contributed by atoms with Gasteiger partial charge in [0.25, 0.3) is 0 Å². The standard InChI is InChI=1S/C20H13N5O/c21-9-14-4-3-6-16(8-14)24-13-17(10-22)25(20(24)26)19-12-23-11-15-5-1-2-7-18(15)19/h1-8,11-12,17H,13H2/t17-/m1/s1. The quantitative estimate of drug-likeness (QED) is 0.716. The number of benzene rings is 2. The molecule has 4 rings (SSSR count). The summed E-state index contributed by atoms with van der Waals surface area (Å²) in [6.07, 6.45) is 3.34. The van der Waals surface area contributed by atoms with Crippen LogP contribution in [0.4, 0.5) is 16.2 Å². The monoisotopic (exact) mass is 339 g/mol. The second-order valence-corrected chi connectivity index (χ2v) is 5.95. The smallest absolute Gasteiger partial charge is 0.291 e. The first-order chi connectivity index (χ1) is 12.7. The summed E-state index contributed by atoms with van der Waals surface area (Å²) in [6.45, 7) is 0.230. The fourth-order valence-corrected chi connectivity index (χ4v) is 3.22. The Morgan fingerprint density at radius 1 is 1.08 bits per heavy atom. The van der Waals surface area contributed by atoms with Gasteiger partial charge in [0.05, 0.1) is 36.1 Å². The molecule has 1 aliphatic heterocycles. The van der Waals surface area contributed by atoms with E-state index in [-0.39, 0.29) is 12.6 Å². The van der Waals surface area contributed by atoms with Crippen molar-refractivity contribution in [3.63, 3.8) is 0 Å². The lowest BCUT2D eigenvalue weighted by Crippen LogP contribution is -2.34. The predicted octanol–water partition coefficient (Wildman–Crippen LogP) is 3.45. The molecule has 6 nitrogen and oxygen atoms in total. The average molecular weight is 339 g/mol. The van der Waals surface area contributed by atoms with Gasteiger partial charge in [-0.1, -0.05) is 30.3 Å². The zero-order chi connectivity index (χ0) is 18.1. The first-order valence-corrected chi connectivity index (χ1v) is 8.06. The predicted molar refractivity (Wildman–Crippen MR) is 97.5 cm³/mol. The molecular formula is C20H13N5O. The number of anilines is 2. The van der Waals surface area contributed by atoms with E-state index in [0.29, 0.717) is 16.9 Å². The molecular weight excluding hydrogens is 326 g/mol. The van der Waals surface area contributed by atoms with Gasteiger partial charge < -0.3 is 0 Å². The number of urea groups is 1. The largest absolute Gasteiger partial charge is 0.330 e. The van der Waals surface area contributed by atoms with Gasteiger partial charge in [-0.25, -0.2) is 4.79 Å². The van der Waals surface area contributed by atoms with Gasteiger partial charge in [-0.15, -0.1) is 0 Å². The van der Waals surface area contributed by atoms with Gasteiger partial charge in [0, 0.05) is 22.7 Å². The topological polar surface area (TPSA) is 84.0 Å². The lowest BCUT2D eigenvalue weighted by molar-refractivity contribution is 0.255. The van der Waals surface area contributed by atoms with Crippen LogP contribution in [0.15, 0.2) is 60.9 Å². The zero-order valence-electron chi connectivity index (χ0n) is 13.7. The van der Waals surface area contributed by atoms with Crippen molar-refractivity contribution in [3.05, 3.63) is 66.5 Å². The summed E-state index contributed by atoms with van der Waals surface area (Å²) >= 11 is 0. The van der Waals surface area contributed by atoms with Crippen molar-refractivity contribution in [3.8, 4) is 12.1 Å². The minimum atomic E-state index is -0.638. The lowest BCUT2D eigenvalue weighted by Gasteiger charge is -2.21. The lowest BCUT2D eigenvalue weighted by atomic mass is 10.1. The summed E-state index contributed by atoms with van der Waals surface area (Å²) in [5, 5.41) is 20.5. The van der Waals surface area contributed by atoms with E-state index in [0.717, 1.165) is 10.8 Å². The van der Waals surface area contributed by atoms with Crippen LogP contribution in [0.1, 0.15) is 5.56 Å². The summed E-state index contributed by atoms with van der Waals surface area (Å²) < 4.78 is 0. The number of rotatable bonds is 2. The minimum absolute atomic E-state index is 0.230. The molecule has 2 amide bonds. The van der Waals surface area contributed by atoms with Crippen LogP contribution in [0.3, 0.4) is 0 Å². The van der Waals surface area contributed by atoms with Crippen molar-refractivity contribution in [2.24, 2.45) is 0 Å². The zero-order valence-corrected chi connectivity index (χ0v) is 13.7. The Balaban J connectivity index is 1.80. The summed E-state index contributed by atoms with van der Waals surface area (Å²) in [6, 6.07) is 17.8. The van der Waals surface area contributed by atoms with Crippen LogP contribution in [-0.4, -0.2) is 23.6 Å². The van der Waals surface area contributed by atoms with Crippen molar-refractivity contribution < 1.29 is 4.79 Å². The molecule has 0 unspecified atom stereocenters. The van der Waals surface area contributed by atoms with Crippen LogP contribution in [0.5, 0.6) is 0 Å². The van der Waals surface area contributed by atoms with E-state index in [1.165, 1.54) is 9.80 Å².